The first-order valence-electron chi connectivity index (χ1n) is 7.21. The Balaban J connectivity index is 1.58. The quantitative estimate of drug-likeness (QED) is 0.773. The second-order valence-corrected chi connectivity index (χ2v) is 6.01. The molecule has 0 atom stereocenters. The Kier molecular flexibility index (Phi) is 3.47. The number of carbonyl (C=O) groups excluding carboxylic acids is 1. The number of aryl methyl sites for hydroxylation is 1. The molecule has 0 aliphatic carbocycles. The van der Waals surface area contributed by atoms with E-state index in [0.717, 1.165) is 34.1 Å². The first kappa shape index (κ1) is 13.8. The molecule has 2 N–H and O–H groups in total. The lowest BCUT2D eigenvalue weighted by atomic mass is 9.99. The summed E-state index contributed by atoms with van der Waals surface area (Å²) in [6.45, 7) is 0. The minimum absolute atomic E-state index is 0.0771. The number of fused-ring (bicyclic) bond motifs is 1. The van der Waals surface area contributed by atoms with Gasteiger partial charge in [0.25, 0.3) is 0 Å². The van der Waals surface area contributed by atoms with Gasteiger partial charge in [-0.25, -0.2) is 15.0 Å². The summed E-state index contributed by atoms with van der Waals surface area (Å²) in [7, 11) is 0. The van der Waals surface area contributed by atoms with Crippen molar-refractivity contribution < 1.29 is 4.79 Å². The van der Waals surface area contributed by atoms with Gasteiger partial charge in [0, 0.05) is 35.4 Å². The first-order chi connectivity index (χ1) is 11.3. The molecule has 4 rings (SSSR count). The Labute approximate surface area is 136 Å². The Morgan fingerprint density at radius 3 is 2.91 bits per heavy atom. The number of nitrogens with zero attached hydrogens (tertiary/aromatic N) is 3. The highest BCUT2D eigenvalue weighted by molar-refractivity contribution is 7.14. The van der Waals surface area contributed by atoms with Crippen LogP contribution in [0.3, 0.4) is 0 Å². The van der Waals surface area contributed by atoms with Gasteiger partial charge in [-0.15, -0.1) is 11.3 Å². The molecule has 7 heteroatoms. The number of carbonyl (C=O) groups is 1. The molecule has 0 saturated heterocycles. The van der Waals surface area contributed by atoms with Gasteiger partial charge in [0.05, 0.1) is 5.69 Å². The molecule has 0 radical (unpaired) electrons. The van der Waals surface area contributed by atoms with Gasteiger partial charge in [-0.1, -0.05) is 6.07 Å². The zero-order chi connectivity index (χ0) is 15.6. The molecule has 0 unspecified atom stereocenters. The van der Waals surface area contributed by atoms with Gasteiger partial charge < -0.3 is 10.6 Å². The summed E-state index contributed by atoms with van der Waals surface area (Å²) < 4.78 is 0. The number of aromatic nitrogens is 3. The average molecular weight is 323 g/mol. The van der Waals surface area contributed by atoms with Crippen molar-refractivity contribution in [2.24, 2.45) is 0 Å². The van der Waals surface area contributed by atoms with Crippen LogP contribution in [0.1, 0.15) is 12.0 Å². The largest absolute Gasteiger partial charge is 0.326 e. The number of amides is 1. The Bertz CT molecular complexity index is 862. The summed E-state index contributed by atoms with van der Waals surface area (Å²) in [6.07, 6.45) is 4.66. The van der Waals surface area contributed by atoms with Gasteiger partial charge in [0.15, 0.2) is 5.13 Å². The summed E-state index contributed by atoms with van der Waals surface area (Å²) in [6, 6.07) is 7.77. The van der Waals surface area contributed by atoms with Crippen molar-refractivity contribution >= 4 is 34.0 Å². The van der Waals surface area contributed by atoms with Crippen molar-refractivity contribution in [3.8, 4) is 11.3 Å². The molecular weight excluding hydrogens is 310 g/mol. The van der Waals surface area contributed by atoms with Crippen LogP contribution in [0.4, 0.5) is 16.8 Å². The van der Waals surface area contributed by atoms with Gasteiger partial charge in [-0.3, -0.25) is 4.79 Å². The molecule has 3 aromatic rings. The second-order valence-electron chi connectivity index (χ2n) is 5.16. The molecule has 1 aliphatic rings. The van der Waals surface area contributed by atoms with E-state index in [-0.39, 0.29) is 5.91 Å². The summed E-state index contributed by atoms with van der Waals surface area (Å²) in [5, 5.41) is 8.72. The zero-order valence-corrected chi connectivity index (χ0v) is 12.9. The van der Waals surface area contributed by atoms with Gasteiger partial charge in [-0.2, -0.15) is 0 Å². The molecule has 114 valence electrons. The molecule has 2 aromatic heterocycles. The van der Waals surface area contributed by atoms with Crippen LogP contribution in [0, 0.1) is 0 Å². The lowest BCUT2D eigenvalue weighted by molar-refractivity contribution is -0.116. The van der Waals surface area contributed by atoms with Crippen LogP contribution in [0.25, 0.3) is 11.3 Å². The number of benzene rings is 1. The molecule has 23 heavy (non-hydrogen) atoms. The van der Waals surface area contributed by atoms with Crippen LogP contribution in [0.2, 0.25) is 0 Å². The molecule has 1 aliphatic heterocycles. The fourth-order valence-electron chi connectivity index (χ4n) is 2.47. The molecule has 0 saturated carbocycles. The van der Waals surface area contributed by atoms with Crippen LogP contribution < -0.4 is 10.6 Å². The normalized spacial score (nSPS) is 13.3. The van der Waals surface area contributed by atoms with Crippen molar-refractivity contribution in [2.45, 2.75) is 12.8 Å². The SMILES string of the molecule is O=C1CCc2cc(-c3csc(Nc4ncccn4)n3)ccc2N1. The lowest BCUT2D eigenvalue weighted by Gasteiger charge is -2.17. The van der Waals surface area contributed by atoms with E-state index in [1.165, 1.54) is 11.3 Å². The summed E-state index contributed by atoms with van der Waals surface area (Å²) >= 11 is 1.51. The minimum Gasteiger partial charge on any atom is -0.326 e. The topological polar surface area (TPSA) is 79.8 Å². The maximum Gasteiger partial charge on any atom is 0.228 e. The fourth-order valence-corrected chi connectivity index (χ4v) is 3.18. The van der Waals surface area contributed by atoms with E-state index in [1.807, 2.05) is 17.5 Å². The van der Waals surface area contributed by atoms with Gasteiger partial charge >= 0.3 is 0 Å². The maximum absolute atomic E-state index is 11.4. The Hall–Kier alpha value is -2.80. The summed E-state index contributed by atoms with van der Waals surface area (Å²) in [5.41, 5.74) is 3.98. The summed E-state index contributed by atoms with van der Waals surface area (Å²) in [5.74, 6) is 0.606. The molecule has 1 aromatic carbocycles. The van der Waals surface area contributed by atoms with Crippen molar-refractivity contribution in [3.63, 3.8) is 0 Å². The number of thiazole rings is 1. The fraction of sp³-hybridized carbons (Fsp3) is 0.125. The Morgan fingerprint density at radius 1 is 1.17 bits per heavy atom. The molecule has 6 nitrogen and oxygen atoms in total. The van der Waals surface area contributed by atoms with E-state index >= 15 is 0 Å². The van der Waals surface area contributed by atoms with Gasteiger partial charge in [-0.05, 0) is 30.2 Å². The third-order valence-electron chi connectivity index (χ3n) is 3.59. The number of nitrogens with one attached hydrogen (secondary N) is 2. The molecule has 3 heterocycles. The van der Waals surface area contributed by atoms with Crippen LogP contribution >= 0.6 is 11.3 Å². The number of hydrogen-bond donors (Lipinski definition) is 2. The molecular formula is C16H13N5OS. The van der Waals surface area contributed by atoms with Crippen molar-refractivity contribution in [1.82, 2.24) is 15.0 Å². The van der Waals surface area contributed by atoms with Crippen LogP contribution in [0.15, 0.2) is 42.0 Å². The highest BCUT2D eigenvalue weighted by Crippen LogP contribution is 2.31. The van der Waals surface area contributed by atoms with Crippen LogP contribution in [0.5, 0.6) is 0 Å². The second kappa shape index (κ2) is 5.77. The molecule has 0 spiro atoms. The van der Waals surface area contributed by atoms with Crippen LogP contribution in [-0.4, -0.2) is 20.9 Å². The van der Waals surface area contributed by atoms with E-state index in [0.29, 0.717) is 12.4 Å². The first-order valence-corrected chi connectivity index (χ1v) is 8.08. The van der Waals surface area contributed by atoms with Crippen LogP contribution in [-0.2, 0) is 11.2 Å². The third kappa shape index (κ3) is 2.91. The van der Waals surface area contributed by atoms with Crippen molar-refractivity contribution in [1.29, 1.82) is 0 Å². The minimum atomic E-state index is 0.0771. The number of anilines is 3. The van der Waals surface area contributed by atoms with E-state index in [9.17, 15) is 4.79 Å². The predicted molar refractivity (Wildman–Crippen MR) is 89.8 cm³/mol. The predicted octanol–water partition coefficient (Wildman–Crippen LogP) is 3.23. The zero-order valence-electron chi connectivity index (χ0n) is 12.1. The summed E-state index contributed by atoms with van der Waals surface area (Å²) in [4.78, 5) is 24.2. The standard InChI is InChI=1S/C16H13N5OS/c22-14-5-3-10-8-11(2-4-12(10)19-14)13-9-23-16(20-13)21-15-17-6-1-7-18-15/h1-2,4,6-9H,3,5H2,(H,19,22)(H,17,18,20,21). The molecule has 0 bridgehead atoms. The Morgan fingerprint density at radius 2 is 2.04 bits per heavy atom. The molecule has 1 amide bonds. The van der Waals surface area contributed by atoms with E-state index < -0.39 is 0 Å². The highest BCUT2D eigenvalue weighted by atomic mass is 32.1. The third-order valence-corrected chi connectivity index (χ3v) is 4.34. The van der Waals surface area contributed by atoms with Gasteiger partial charge in [0.1, 0.15) is 0 Å². The number of rotatable bonds is 3. The smallest absolute Gasteiger partial charge is 0.228 e. The monoisotopic (exact) mass is 323 g/mol. The average Bonchev–Trinajstić information content (AvgIpc) is 3.04. The number of hydrogen-bond acceptors (Lipinski definition) is 6. The highest BCUT2D eigenvalue weighted by Gasteiger charge is 2.16. The van der Waals surface area contributed by atoms with Crippen molar-refractivity contribution in [2.75, 3.05) is 10.6 Å². The van der Waals surface area contributed by atoms with E-state index in [1.54, 1.807) is 18.5 Å². The van der Waals surface area contributed by atoms with Crippen molar-refractivity contribution in [3.05, 3.63) is 47.6 Å². The maximum atomic E-state index is 11.4. The van der Waals surface area contributed by atoms with E-state index in [2.05, 4.69) is 31.7 Å². The van der Waals surface area contributed by atoms with E-state index in [4.69, 9.17) is 0 Å². The molecule has 0 fully saturated rings. The van der Waals surface area contributed by atoms with Gasteiger partial charge in [0.2, 0.25) is 11.9 Å². The lowest BCUT2D eigenvalue weighted by Crippen LogP contribution is -2.18.